The SMILES string of the molecule is Cc1ccccc1C=C(c1ccc2ccccc2n1)c1ccccc1C. The average molecular weight is 335 g/mol. The molecule has 0 bridgehead atoms. The van der Waals surface area contributed by atoms with Crippen LogP contribution in [0.2, 0.25) is 0 Å². The Balaban J connectivity index is 1.95. The van der Waals surface area contributed by atoms with E-state index in [-0.39, 0.29) is 0 Å². The molecule has 4 aromatic rings. The lowest BCUT2D eigenvalue weighted by Crippen LogP contribution is -1.96. The number of hydrogen-bond donors (Lipinski definition) is 0. The van der Waals surface area contributed by atoms with Gasteiger partial charge in [-0.3, -0.25) is 0 Å². The van der Waals surface area contributed by atoms with E-state index < -0.39 is 0 Å². The fourth-order valence-corrected chi connectivity index (χ4v) is 3.29. The summed E-state index contributed by atoms with van der Waals surface area (Å²) < 4.78 is 0. The van der Waals surface area contributed by atoms with Crippen LogP contribution in [0.4, 0.5) is 0 Å². The van der Waals surface area contributed by atoms with Crippen molar-refractivity contribution in [2.45, 2.75) is 13.8 Å². The Labute approximate surface area is 154 Å². The summed E-state index contributed by atoms with van der Waals surface area (Å²) in [5.74, 6) is 0. The van der Waals surface area contributed by atoms with Crippen molar-refractivity contribution in [3.05, 3.63) is 113 Å². The van der Waals surface area contributed by atoms with Crippen molar-refractivity contribution < 1.29 is 0 Å². The predicted molar refractivity (Wildman–Crippen MR) is 111 cm³/mol. The molecule has 0 spiro atoms. The summed E-state index contributed by atoms with van der Waals surface area (Å²) in [6, 6.07) is 29.5. The number of fused-ring (bicyclic) bond motifs is 1. The van der Waals surface area contributed by atoms with Gasteiger partial charge in [-0.05, 0) is 54.3 Å². The van der Waals surface area contributed by atoms with Crippen LogP contribution >= 0.6 is 0 Å². The van der Waals surface area contributed by atoms with Crippen LogP contribution in [0.5, 0.6) is 0 Å². The van der Waals surface area contributed by atoms with Gasteiger partial charge in [0.25, 0.3) is 0 Å². The molecule has 1 heterocycles. The summed E-state index contributed by atoms with van der Waals surface area (Å²) >= 11 is 0. The van der Waals surface area contributed by atoms with Crippen molar-refractivity contribution in [2.75, 3.05) is 0 Å². The van der Waals surface area contributed by atoms with E-state index in [9.17, 15) is 0 Å². The maximum atomic E-state index is 4.95. The van der Waals surface area contributed by atoms with Crippen LogP contribution in [0.15, 0.2) is 84.9 Å². The molecule has 26 heavy (non-hydrogen) atoms. The van der Waals surface area contributed by atoms with E-state index in [0.717, 1.165) is 22.2 Å². The van der Waals surface area contributed by atoms with Crippen LogP contribution in [0.1, 0.15) is 27.9 Å². The molecule has 126 valence electrons. The first-order chi connectivity index (χ1) is 12.7. The first kappa shape index (κ1) is 16.3. The lowest BCUT2D eigenvalue weighted by Gasteiger charge is -2.13. The normalized spacial score (nSPS) is 11.7. The molecule has 0 N–H and O–H groups in total. The second kappa shape index (κ2) is 6.97. The molecule has 0 atom stereocenters. The molecule has 0 saturated carbocycles. The van der Waals surface area contributed by atoms with Crippen molar-refractivity contribution in [3.8, 4) is 0 Å². The number of rotatable bonds is 3. The number of hydrogen-bond acceptors (Lipinski definition) is 1. The van der Waals surface area contributed by atoms with Gasteiger partial charge in [0.15, 0.2) is 0 Å². The zero-order valence-electron chi connectivity index (χ0n) is 15.1. The molecule has 1 heteroatoms. The molecule has 1 nitrogen and oxygen atoms in total. The highest BCUT2D eigenvalue weighted by molar-refractivity contribution is 5.93. The highest BCUT2D eigenvalue weighted by Crippen LogP contribution is 2.29. The number of nitrogens with zero attached hydrogens (tertiary/aromatic N) is 1. The molecular formula is C25H21N. The van der Waals surface area contributed by atoms with Crippen molar-refractivity contribution in [3.63, 3.8) is 0 Å². The van der Waals surface area contributed by atoms with Gasteiger partial charge < -0.3 is 0 Å². The van der Waals surface area contributed by atoms with E-state index in [1.54, 1.807) is 0 Å². The van der Waals surface area contributed by atoms with Gasteiger partial charge in [0, 0.05) is 11.0 Å². The highest BCUT2D eigenvalue weighted by Gasteiger charge is 2.11. The van der Waals surface area contributed by atoms with Crippen molar-refractivity contribution >= 4 is 22.6 Å². The smallest absolute Gasteiger partial charge is 0.0716 e. The third kappa shape index (κ3) is 3.16. The number of aromatic nitrogens is 1. The molecule has 0 amide bonds. The molecule has 0 aliphatic heterocycles. The van der Waals surface area contributed by atoms with E-state index in [1.807, 2.05) is 6.07 Å². The standard InChI is InChI=1S/C25H21N/c1-18-9-3-5-12-21(18)17-23(22-13-7-4-10-19(22)2)25-16-15-20-11-6-8-14-24(20)26-25/h3-17H,1-2H3. The fourth-order valence-electron chi connectivity index (χ4n) is 3.29. The number of benzene rings is 3. The van der Waals surface area contributed by atoms with Gasteiger partial charge in [-0.25, -0.2) is 4.98 Å². The Bertz CT molecular complexity index is 1110. The van der Waals surface area contributed by atoms with Crippen LogP contribution in [-0.4, -0.2) is 4.98 Å². The van der Waals surface area contributed by atoms with Gasteiger partial charge >= 0.3 is 0 Å². The average Bonchev–Trinajstić information content (AvgIpc) is 2.68. The maximum absolute atomic E-state index is 4.95. The molecule has 0 unspecified atom stereocenters. The van der Waals surface area contributed by atoms with E-state index in [0.29, 0.717) is 0 Å². The number of aryl methyl sites for hydroxylation is 2. The minimum atomic E-state index is 1.00. The van der Waals surface area contributed by atoms with Gasteiger partial charge in [0.2, 0.25) is 0 Å². The summed E-state index contributed by atoms with van der Waals surface area (Å²) in [5.41, 5.74) is 8.14. The van der Waals surface area contributed by atoms with Gasteiger partial charge in [-0.1, -0.05) is 72.8 Å². The highest BCUT2D eigenvalue weighted by atomic mass is 14.7. The van der Waals surface area contributed by atoms with Crippen molar-refractivity contribution in [1.29, 1.82) is 0 Å². The monoisotopic (exact) mass is 335 g/mol. The quantitative estimate of drug-likeness (QED) is 0.393. The van der Waals surface area contributed by atoms with Crippen LogP contribution in [0.25, 0.3) is 22.6 Å². The van der Waals surface area contributed by atoms with E-state index >= 15 is 0 Å². The van der Waals surface area contributed by atoms with E-state index in [1.165, 1.54) is 22.3 Å². The van der Waals surface area contributed by atoms with Gasteiger partial charge in [-0.15, -0.1) is 0 Å². The molecule has 0 fully saturated rings. The van der Waals surface area contributed by atoms with Crippen LogP contribution in [-0.2, 0) is 0 Å². The summed E-state index contributed by atoms with van der Waals surface area (Å²) in [4.78, 5) is 4.95. The Kier molecular flexibility index (Phi) is 4.37. The third-order valence-electron chi connectivity index (χ3n) is 4.80. The molecule has 0 aliphatic rings. The summed E-state index contributed by atoms with van der Waals surface area (Å²) in [6.45, 7) is 4.30. The predicted octanol–water partition coefficient (Wildman–Crippen LogP) is 6.44. The molecule has 0 saturated heterocycles. The first-order valence-corrected chi connectivity index (χ1v) is 8.92. The summed E-state index contributed by atoms with van der Waals surface area (Å²) in [6.07, 6.45) is 2.26. The lowest BCUT2D eigenvalue weighted by atomic mass is 9.94. The third-order valence-corrected chi connectivity index (χ3v) is 4.80. The molecule has 4 rings (SSSR count). The second-order valence-corrected chi connectivity index (χ2v) is 6.62. The maximum Gasteiger partial charge on any atom is 0.0716 e. The van der Waals surface area contributed by atoms with Crippen molar-refractivity contribution in [2.24, 2.45) is 0 Å². The first-order valence-electron chi connectivity index (χ1n) is 8.92. The minimum Gasteiger partial charge on any atom is -0.248 e. The Morgan fingerprint density at radius 3 is 2.19 bits per heavy atom. The molecule has 3 aromatic carbocycles. The van der Waals surface area contributed by atoms with E-state index in [2.05, 4.69) is 98.8 Å². The lowest BCUT2D eigenvalue weighted by molar-refractivity contribution is 1.32. The largest absolute Gasteiger partial charge is 0.248 e. The van der Waals surface area contributed by atoms with E-state index in [4.69, 9.17) is 4.98 Å². The van der Waals surface area contributed by atoms with Gasteiger partial charge in [0.1, 0.15) is 0 Å². The van der Waals surface area contributed by atoms with Gasteiger partial charge in [0.05, 0.1) is 11.2 Å². The molecular weight excluding hydrogens is 314 g/mol. The summed E-state index contributed by atoms with van der Waals surface area (Å²) in [7, 11) is 0. The zero-order chi connectivity index (χ0) is 17.9. The summed E-state index contributed by atoms with van der Waals surface area (Å²) in [5, 5.41) is 1.16. The molecule has 1 aromatic heterocycles. The number of pyridine rings is 1. The topological polar surface area (TPSA) is 12.9 Å². The molecule has 0 radical (unpaired) electrons. The zero-order valence-corrected chi connectivity index (χ0v) is 15.1. The Hall–Kier alpha value is -3.19. The van der Waals surface area contributed by atoms with Crippen LogP contribution in [0, 0.1) is 13.8 Å². The molecule has 0 aliphatic carbocycles. The van der Waals surface area contributed by atoms with Crippen LogP contribution in [0.3, 0.4) is 0 Å². The minimum absolute atomic E-state index is 1.00. The fraction of sp³-hybridized carbons (Fsp3) is 0.0800. The second-order valence-electron chi connectivity index (χ2n) is 6.62. The Morgan fingerprint density at radius 2 is 1.38 bits per heavy atom. The van der Waals surface area contributed by atoms with Gasteiger partial charge in [-0.2, -0.15) is 0 Å². The Morgan fingerprint density at radius 1 is 0.692 bits per heavy atom. The van der Waals surface area contributed by atoms with Crippen LogP contribution < -0.4 is 0 Å². The van der Waals surface area contributed by atoms with Crippen molar-refractivity contribution in [1.82, 2.24) is 4.98 Å². The number of para-hydroxylation sites is 1.